The monoisotopic (exact) mass is 400 g/mol. The third-order valence-corrected chi connectivity index (χ3v) is 4.56. The van der Waals surface area contributed by atoms with Crippen molar-refractivity contribution in [3.63, 3.8) is 0 Å². The normalized spacial score (nSPS) is 15.8. The van der Waals surface area contributed by atoms with Crippen LogP contribution in [-0.4, -0.2) is 30.1 Å². The van der Waals surface area contributed by atoms with Crippen LogP contribution in [0.3, 0.4) is 0 Å². The summed E-state index contributed by atoms with van der Waals surface area (Å²) in [5.41, 5.74) is 2.18. The highest BCUT2D eigenvalue weighted by Crippen LogP contribution is 2.36. The molecule has 0 atom stereocenters. The molecule has 7 nitrogen and oxygen atoms in total. The molecule has 28 heavy (non-hydrogen) atoms. The number of phenols is 1. The molecule has 4 amide bonds. The number of carbonyl (C=O) groups excluding carboxylic acids is 3. The van der Waals surface area contributed by atoms with Gasteiger partial charge in [-0.25, -0.2) is 9.69 Å². The van der Waals surface area contributed by atoms with E-state index in [1.165, 1.54) is 25.3 Å². The fraction of sp³-hybridized carbons (Fsp3) is 0.150. The molecule has 144 valence electrons. The minimum Gasteiger partial charge on any atom is -0.503 e. The van der Waals surface area contributed by atoms with Crippen molar-refractivity contribution >= 4 is 41.2 Å². The SMILES string of the molecule is COc1cc(/C=C2\C(=O)NC(=O)N(c3ccc(C)cc3C)C2=O)cc(Cl)c1O. The van der Waals surface area contributed by atoms with E-state index in [0.29, 0.717) is 16.8 Å². The molecule has 8 heteroatoms. The summed E-state index contributed by atoms with van der Waals surface area (Å²) in [6, 6.07) is 7.24. The number of phenolic OH excluding ortho intramolecular Hbond substituents is 1. The van der Waals surface area contributed by atoms with Gasteiger partial charge in [-0.15, -0.1) is 0 Å². The number of imide groups is 2. The Labute approximate surface area is 166 Å². The number of methoxy groups -OCH3 is 1. The molecule has 1 heterocycles. The largest absolute Gasteiger partial charge is 0.503 e. The number of hydrogen-bond acceptors (Lipinski definition) is 5. The first-order valence-corrected chi connectivity index (χ1v) is 8.66. The lowest BCUT2D eigenvalue weighted by atomic mass is 10.0. The van der Waals surface area contributed by atoms with Gasteiger partial charge in [0.25, 0.3) is 11.8 Å². The van der Waals surface area contributed by atoms with Gasteiger partial charge >= 0.3 is 6.03 Å². The molecule has 2 N–H and O–H groups in total. The number of aryl methyl sites for hydroxylation is 2. The number of carbonyl (C=O) groups is 3. The minimum absolute atomic E-state index is 0.00261. The maximum atomic E-state index is 13.0. The molecule has 1 aliphatic heterocycles. The van der Waals surface area contributed by atoms with Crippen LogP contribution in [0.15, 0.2) is 35.9 Å². The minimum atomic E-state index is -0.820. The topological polar surface area (TPSA) is 95.9 Å². The first kappa shape index (κ1) is 19.4. The van der Waals surface area contributed by atoms with Crippen molar-refractivity contribution in [3.8, 4) is 11.5 Å². The van der Waals surface area contributed by atoms with Gasteiger partial charge in [-0.05, 0) is 49.2 Å². The van der Waals surface area contributed by atoms with Crippen LogP contribution < -0.4 is 15.0 Å². The van der Waals surface area contributed by atoms with E-state index in [1.807, 2.05) is 13.0 Å². The number of nitrogens with one attached hydrogen (secondary N) is 1. The molecule has 1 saturated heterocycles. The number of halogens is 1. The number of anilines is 1. The smallest absolute Gasteiger partial charge is 0.335 e. The summed E-state index contributed by atoms with van der Waals surface area (Å²) in [4.78, 5) is 38.5. The fourth-order valence-corrected chi connectivity index (χ4v) is 3.15. The zero-order valence-electron chi connectivity index (χ0n) is 15.4. The molecule has 0 aliphatic carbocycles. The van der Waals surface area contributed by atoms with Crippen LogP contribution in [-0.2, 0) is 9.59 Å². The van der Waals surface area contributed by atoms with Crippen LogP contribution in [0.5, 0.6) is 11.5 Å². The first-order chi connectivity index (χ1) is 13.2. The van der Waals surface area contributed by atoms with Gasteiger partial charge in [-0.2, -0.15) is 0 Å². The van der Waals surface area contributed by atoms with E-state index in [-0.39, 0.29) is 22.1 Å². The second-order valence-corrected chi connectivity index (χ2v) is 6.71. The van der Waals surface area contributed by atoms with Crippen molar-refractivity contribution in [1.82, 2.24) is 5.32 Å². The third kappa shape index (κ3) is 3.44. The first-order valence-electron chi connectivity index (χ1n) is 8.28. The lowest BCUT2D eigenvalue weighted by molar-refractivity contribution is -0.122. The van der Waals surface area contributed by atoms with Crippen molar-refractivity contribution in [2.24, 2.45) is 0 Å². The van der Waals surface area contributed by atoms with Gasteiger partial charge in [0.1, 0.15) is 5.57 Å². The Morgan fingerprint density at radius 3 is 2.50 bits per heavy atom. The number of ether oxygens (including phenoxy) is 1. The summed E-state index contributed by atoms with van der Waals surface area (Å²) in [5, 5.41) is 12.0. The Hall–Kier alpha value is -3.32. The number of barbiturate groups is 1. The molecule has 1 aliphatic rings. The number of aromatic hydroxyl groups is 1. The van der Waals surface area contributed by atoms with E-state index in [4.69, 9.17) is 16.3 Å². The molecule has 3 rings (SSSR count). The number of rotatable bonds is 3. The summed E-state index contributed by atoms with van der Waals surface area (Å²) in [5.74, 6) is -1.74. The number of benzene rings is 2. The summed E-state index contributed by atoms with van der Waals surface area (Å²) >= 11 is 5.96. The van der Waals surface area contributed by atoms with E-state index in [0.717, 1.165) is 10.5 Å². The molecular formula is C20H17ClN2O5. The van der Waals surface area contributed by atoms with Crippen LogP contribution in [0, 0.1) is 13.8 Å². The molecule has 2 aromatic carbocycles. The van der Waals surface area contributed by atoms with Gasteiger partial charge in [-0.3, -0.25) is 14.9 Å². The van der Waals surface area contributed by atoms with Gasteiger partial charge < -0.3 is 9.84 Å². The molecule has 0 spiro atoms. The standard InChI is InChI=1S/C20H17ClN2O5/c1-10-4-5-15(11(2)6-10)23-19(26)13(18(25)22-20(23)27)7-12-8-14(21)17(24)16(9-12)28-3/h4-9,24H,1-3H3,(H,22,25,27)/b13-7+. The summed E-state index contributed by atoms with van der Waals surface area (Å²) in [7, 11) is 1.35. The van der Waals surface area contributed by atoms with Crippen LogP contribution >= 0.6 is 11.6 Å². The van der Waals surface area contributed by atoms with Crippen molar-refractivity contribution in [1.29, 1.82) is 0 Å². The van der Waals surface area contributed by atoms with E-state index >= 15 is 0 Å². The van der Waals surface area contributed by atoms with Crippen molar-refractivity contribution in [2.75, 3.05) is 12.0 Å². The molecule has 0 radical (unpaired) electrons. The number of amides is 4. The van der Waals surface area contributed by atoms with E-state index in [2.05, 4.69) is 5.32 Å². The number of hydrogen-bond donors (Lipinski definition) is 2. The van der Waals surface area contributed by atoms with E-state index in [1.54, 1.807) is 19.1 Å². The summed E-state index contributed by atoms with van der Waals surface area (Å²) < 4.78 is 5.03. The van der Waals surface area contributed by atoms with Gasteiger partial charge in [0.2, 0.25) is 0 Å². The predicted octanol–water partition coefficient (Wildman–Crippen LogP) is 3.34. The summed E-state index contributed by atoms with van der Waals surface area (Å²) in [6.45, 7) is 3.67. The summed E-state index contributed by atoms with van der Waals surface area (Å²) in [6.07, 6.45) is 1.29. The molecule has 0 saturated carbocycles. The van der Waals surface area contributed by atoms with Crippen LogP contribution in [0.4, 0.5) is 10.5 Å². The molecule has 0 bridgehead atoms. The number of urea groups is 1. The second kappa shape index (κ2) is 7.36. The van der Waals surface area contributed by atoms with Crippen molar-refractivity contribution < 1.29 is 24.2 Å². The fourth-order valence-electron chi connectivity index (χ4n) is 2.93. The maximum Gasteiger partial charge on any atom is 0.335 e. The van der Waals surface area contributed by atoms with Crippen LogP contribution in [0.25, 0.3) is 6.08 Å². The third-order valence-electron chi connectivity index (χ3n) is 4.28. The molecule has 1 fully saturated rings. The van der Waals surface area contributed by atoms with Gasteiger partial charge in [0.05, 0.1) is 17.8 Å². The lowest BCUT2D eigenvalue weighted by Gasteiger charge is -2.27. The molecule has 2 aromatic rings. The quantitative estimate of drug-likeness (QED) is 0.608. The molecular weight excluding hydrogens is 384 g/mol. The van der Waals surface area contributed by atoms with Gasteiger partial charge in [-0.1, -0.05) is 29.3 Å². The average Bonchev–Trinajstić information content (AvgIpc) is 2.63. The van der Waals surface area contributed by atoms with E-state index in [9.17, 15) is 19.5 Å². The van der Waals surface area contributed by atoms with E-state index < -0.39 is 17.8 Å². The van der Waals surface area contributed by atoms with Crippen LogP contribution in [0.2, 0.25) is 5.02 Å². The Bertz CT molecular complexity index is 1050. The average molecular weight is 401 g/mol. The van der Waals surface area contributed by atoms with Crippen LogP contribution in [0.1, 0.15) is 16.7 Å². The highest BCUT2D eigenvalue weighted by atomic mass is 35.5. The van der Waals surface area contributed by atoms with Crippen molar-refractivity contribution in [3.05, 3.63) is 57.6 Å². The molecule has 0 aromatic heterocycles. The van der Waals surface area contributed by atoms with Crippen molar-refractivity contribution in [2.45, 2.75) is 13.8 Å². The molecule has 0 unspecified atom stereocenters. The number of nitrogens with zero attached hydrogens (tertiary/aromatic N) is 1. The van der Waals surface area contributed by atoms with Gasteiger partial charge in [0.15, 0.2) is 11.5 Å². The second-order valence-electron chi connectivity index (χ2n) is 6.30. The maximum absolute atomic E-state index is 13.0. The Balaban J connectivity index is 2.08. The Kier molecular flexibility index (Phi) is 5.11. The highest BCUT2D eigenvalue weighted by molar-refractivity contribution is 6.39. The highest BCUT2D eigenvalue weighted by Gasteiger charge is 2.37. The predicted molar refractivity (Wildman–Crippen MR) is 105 cm³/mol. The Morgan fingerprint density at radius 2 is 1.86 bits per heavy atom. The van der Waals surface area contributed by atoms with Gasteiger partial charge in [0, 0.05) is 0 Å². The Morgan fingerprint density at radius 1 is 1.14 bits per heavy atom. The lowest BCUT2D eigenvalue weighted by Crippen LogP contribution is -2.54. The zero-order chi connectivity index (χ0) is 20.6. The zero-order valence-corrected chi connectivity index (χ0v) is 16.1.